The Morgan fingerprint density at radius 1 is 1.45 bits per heavy atom. The van der Waals surface area contributed by atoms with Crippen molar-refractivity contribution in [3.63, 3.8) is 0 Å². The molecule has 0 N–H and O–H groups in total. The highest BCUT2D eigenvalue weighted by Crippen LogP contribution is 2.55. The molecule has 1 nitrogen and oxygen atoms in total. The molecule has 0 radical (unpaired) electrons. The van der Waals surface area contributed by atoms with Crippen LogP contribution in [-0.4, -0.2) is 5.78 Å². The Morgan fingerprint density at radius 3 is 2.45 bits per heavy atom. The third kappa shape index (κ3) is 1.33. The maximum Gasteiger partial charge on any atom is 0.138 e. The van der Waals surface area contributed by atoms with E-state index in [1.807, 2.05) is 6.92 Å². The molecule has 0 heterocycles. The average molecular weight is 152 g/mol. The second kappa shape index (κ2) is 2.33. The minimum Gasteiger partial charge on any atom is -0.299 e. The number of carbonyl (C=O) groups excluding carboxylic acids is 1. The summed E-state index contributed by atoms with van der Waals surface area (Å²) in [7, 11) is 0. The van der Waals surface area contributed by atoms with E-state index >= 15 is 0 Å². The van der Waals surface area contributed by atoms with Gasteiger partial charge in [-0.1, -0.05) is 19.8 Å². The third-order valence-corrected chi connectivity index (χ3v) is 3.14. The molecule has 2 fully saturated rings. The van der Waals surface area contributed by atoms with Crippen molar-refractivity contribution in [2.45, 2.75) is 45.4 Å². The van der Waals surface area contributed by atoms with Gasteiger partial charge < -0.3 is 0 Å². The molecule has 0 spiro atoms. The summed E-state index contributed by atoms with van der Waals surface area (Å²) in [5.41, 5.74) is 0.204. The fraction of sp³-hybridized carbons (Fsp3) is 0.900. The normalized spacial score (nSPS) is 26.6. The van der Waals surface area contributed by atoms with Crippen LogP contribution >= 0.6 is 0 Å². The van der Waals surface area contributed by atoms with Crippen LogP contribution in [0.5, 0.6) is 0 Å². The SMILES string of the molecule is CCC(=O)C1(CC2CC2)CC1. The monoisotopic (exact) mass is 152 g/mol. The van der Waals surface area contributed by atoms with Gasteiger partial charge in [0.2, 0.25) is 0 Å². The molecule has 0 aliphatic heterocycles. The summed E-state index contributed by atoms with van der Waals surface area (Å²) in [6.07, 6.45) is 7.14. The molecule has 1 heteroatoms. The lowest BCUT2D eigenvalue weighted by atomic mass is 9.92. The van der Waals surface area contributed by atoms with Gasteiger partial charge in [0.1, 0.15) is 5.78 Å². The van der Waals surface area contributed by atoms with Crippen molar-refractivity contribution in [2.24, 2.45) is 11.3 Å². The largest absolute Gasteiger partial charge is 0.299 e. The Hall–Kier alpha value is -0.330. The minimum atomic E-state index is 0.204. The summed E-state index contributed by atoms with van der Waals surface area (Å²) in [5.74, 6) is 1.46. The van der Waals surface area contributed by atoms with E-state index in [1.54, 1.807) is 0 Å². The zero-order chi connectivity index (χ0) is 7.90. The van der Waals surface area contributed by atoms with Crippen LogP contribution in [0.3, 0.4) is 0 Å². The fourth-order valence-corrected chi connectivity index (χ4v) is 2.00. The van der Waals surface area contributed by atoms with Gasteiger partial charge in [0.05, 0.1) is 0 Å². The first-order valence-corrected chi connectivity index (χ1v) is 4.80. The summed E-state index contributed by atoms with van der Waals surface area (Å²) < 4.78 is 0. The van der Waals surface area contributed by atoms with E-state index in [1.165, 1.54) is 32.1 Å². The van der Waals surface area contributed by atoms with Crippen LogP contribution in [-0.2, 0) is 4.79 Å². The van der Waals surface area contributed by atoms with E-state index in [2.05, 4.69) is 0 Å². The Balaban J connectivity index is 1.91. The maximum atomic E-state index is 11.5. The van der Waals surface area contributed by atoms with Crippen LogP contribution in [0.15, 0.2) is 0 Å². The number of hydrogen-bond donors (Lipinski definition) is 0. The molecular formula is C10H16O. The van der Waals surface area contributed by atoms with E-state index in [0.717, 1.165) is 12.3 Å². The predicted molar refractivity (Wildman–Crippen MR) is 44.3 cm³/mol. The first kappa shape index (κ1) is 7.33. The molecule has 0 amide bonds. The second-order valence-corrected chi connectivity index (χ2v) is 4.20. The molecule has 0 aromatic rings. The van der Waals surface area contributed by atoms with Gasteiger partial charge >= 0.3 is 0 Å². The van der Waals surface area contributed by atoms with E-state index < -0.39 is 0 Å². The van der Waals surface area contributed by atoms with Crippen molar-refractivity contribution in [1.29, 1.82) is 0 Å². The maximum absolute atomic E-state index is 11.5. The molecule has 0 aromatic heterocycles. The molecule has 0 atom stereocenters. The van der Waals surface area contributed by atoms with E-state index in [-0.39, 0.29) is 5.41 Å². The number of carbonyl (C=O) groups is 1. The Kier molecular flexibility index (Phi) is 1.55. The first-order valence-electron chi connectivity index (χ1n) is 4.80. The van der Waals surface area contributed by atoms with Crippen molar-refractivity contribution in [2.75, 3.05) is 0 Å². The quantitative estimate of drug-likeness (QED) is 0.605. The Morgan fingerprint density at radius 2 is 2.09 bits per heavy atom. The van der Waals surface area contributed by atoms with Crippen LogP contribution in [0.25, 0.3) is 0 Å². The van der Waals surface area contributed by atoms with Crippen LogP contribution in [0.1, 0.15) is 45.4 Å². The lowest BCUT2D eigenvalue weighted by Crippen LogP contribution is -2.14. The van der Waals surface area contributed by atoms with Gasteiger partial charge in [-0.15, -0.1) is 0 Å². The van der Waals surface area contributed by atoms with Crippen LogP contribution in [0, 0.1) is 11.3 Å². The molecule has 2 saturated carbocycles. The first-order chi connectivity index (χ1) is 5.27. The van der Waals surface area contributed by atoms with E-state index in [4.69, 9.17) is 0 Å². The van der Waals surface area contributed by atoms with Crippen molar-refractivity contribution >= 4 is 5.78 Å². The van der Waals surface area contributed by atoms with Gasteiger partial charge in [-0.25, -0.2) is 0 Å². The predicted octanol–water partition coefficient (Wildman–Crippen LogP) is 2.55. The van der Waals surface area contributed by atoms with Crippen molar-refractivity contribution in [1.82, 2.24) is 0 Å². The number of rotatable bonds is 4. The van der Waals surface area contributed by atoms with Gasteiger partial charge in [-0.2, -0.15) is 0 Å². The number of hydrogen-bond acceptors (Lipinski definition) is 1. The topological polar surface area (TPSA) is 17.1 Å². The van der Waals surface area contributed by atoms with Gasteiger partial charge in [0.25, 0.3) is 0 Å². The van der Waals surface area contributed by atoms with Crippen molar-refractivity contribution in [3.8, 4) is 0 Å². The van der Waals surface area contributed by atoms with E-state index in [0.29, 0.717) is 5.78 Å². The van der Waals surface area contributed by atoms with Crippen LogP contribution < -0.4 is 0 Å². The van der Waals surface area contributed by atoms with E-state index in [9.17, 15) is 4.79 Å². The molecule has 11 heavy (non-hydrogen) atoms. The molecule has 0 saturated heterocycles. The van der Waals surface area contributed by atoms with Crippen LogP contribution in [0.2, 0.25) is 0 Å². The van der Waals surface area contributed by atoms with Gasteiger partial charge in [0.15, 0.2) is 0 Å². The zero-order valence-electron chi connectivity index (χ0n) is 7.23. The zero-order valence-corrected chi connectivity index (χ0v) is 7.23. The molecular weight excluding hydrogens is 136 g/mol. The summed E-state index contributed by atoms with van der Waals surface area (Å²) >= 11 is 0. The molecule has 2 aliphatic rings. The molecule has 62 valence electrons. The third-order valence-electron chi connectivity index (χ3n) is 3.14. The van der Waals surface area contributed by atoms with Crippen LogP contribution in [0.4, 0.5) is 0 Å². The summed E-state index contributed by atoms with van der Waals surface area (Å²) in [4.78, 5) is 11.5. The summed E-state index contributed by atoms with van der Waals surface area (Å²) in [5, 5.41) is 0. The second-order valence-electron chi connectivity index (χ2n) is 4.20. The van der Waals surface area contributed by atoms with Gasteiger partial charge in [-0.05, 0) is 25.2 Å². The highest BCUT2D eigenvalue weighted by Gasteiger charge is 2.50. The number of ketones is 1. The lowest BCUT2D eigenvalue weighted by molar-refractivity contribution is -0.124. The van der Waals surface area contributed by atoms with Crippen molar-refractivity contribution in [3.05, 3.63) is 0 Å². The van der Waals surface area contributed by atoms with Gasteiger partial charge in [0, 0.05) is 11.8 Å². The summed E-state index contributed by atoms with van der Waals surface area (Å²) in [6.45, 7) is 2.00. The molecule has 0 aromatic carbocycles. The minimum absolute atomic E-state index is 0.204. The molecule has 2 rings (SSSR count). The fourth-order valence-electron chi connectivity index (χ4n) is 2.00. The molecule has 0 unspecified atom stereocenters. The Labute approximate surface area is 68.2 Å². The molecule has 0 bridgehead atoms. The van der Waals surface area contributed by atoms with Gasteiger partial charge in [-0.3, -0.25) is 4.79 Å². The highest BCUT2D eigenvalue weighted by molar-refractivity contribution is 5.87. The smallest absolute Gasteiger partial charge is 0.138 e. The Bertz CT molecular complexity index is 175. The number of Topliss-reactive ketones (excluding diaryl/α,β-unsaturated/α-hetero) is 1. The van der Waals surface area contributed by atoms with Crippen molar-refractivity contribution < 1.29 is 4.79 Å². The lowest BCUT2D eigenvalue weighted by Gasteiger charge is -2.10. The standard InChI is InChI=1S/C10H16O/c1-2-9(11)10(5-6-10)7-8-3-4-8/h8H,2-7H2,1H3. The highest BCUT2D eigenvalue weighted by atomic mass is 16.1. The average Bonchev–Trinajstić information content (AvgIpc) is 2.85. The summed E-state index contributed by atoms with van der Waals surface area (Å²) in [6, 6.07) is 0. The molecule has 2 aliphatic carbocycles.